The first-order valence-electron chi connectivity index (χ1n) is 10.8. The van der Waals surface area contributed by atoms with Crippen molar-refractivity contribution in [2.24, 2.45) is 4.99 Å². The maximum Gasteiger partial charge on any atom is 0.324 e. The second-order valence-electron chi connectivity index (χ2n) is 8.50. The molecule has 6 heteroatoms. The lowest BCUT2D eigenvalue weighted by molar-refractivity contribution is -0.528. The summed E-state index contributed by atoms with van der Waals surface area (Å²) in [4.78, 5) is 30.4. The van der Waals surface area contributed by atoms with Gasteiger partial charge in [-0.25, -0.2) is 0 Å². The van der Waals surface area contributed by atoms with Crippen LogP contribution in [0.4, 0.5) is 0 Å². The predicted molar refractivity (Wildman–Crippen MR) is 125 cm³/mol. The van der Waals surface area contributed by atoms with Crippen molar-refractivity contribution in [3.63, 3.8) is 0 Å². The second kappa shape index (κ2) is 8.13. The number of carbonyl (C=O) groups is 1. The monoisotopic (exact) mass is 438 g/mol. The van der Waals surface area contributed by atoms with Crippen molar-refractivity contribution in [2.45, 2.75) is 30.3 Å². The van der Waals surface area contributed by atoms with Crippen molar-refractivity contribution >= 4 is 11.7 Å². The van der Waals surface area contributed by atoms with Crippen molar-refractivity contribution in [1.82, 2.24) is 0 Å². The Hall–Kier alpha value is -4.06. The Morgan fingerprint density at radius 1 is 0.970 bits per heavy atom. The lowest BCUT2D eigenvalue weighted by Crippen LogP contribution is -2.56. The van der Waals surface area contributed by atoms with Gasteiger partial charge in [-0.1, -0.05) is 91.0 Å². The topological polar surface area (TPSA) is 81.8 Å². The molecule has 0 radical (unpaired) electrons. The van der Waals surface area contributed by atoms with E-state index in [1.54, 1.807) is 12.1 Å². The first kappa shape index (κ1) is 20.8. The van der Waals surface area contributed by atoms with Crippen LogP contribution in [-0.4, -0.2) is 28.7 Å². The molecule has 0 saturated heterocycles. The van der Waals surface area contributed by atoms with Crippen LogP contribution >= 0.6 is 0 Å². The molecule has 0 N–H and O–H groups in total. The highest BCUT2D eigenvalue weighted by molar-refractivity contribution is 6.13. The van der Waals surface area contributed by atoms with E-state index < -0.39 is 23.5 Å². The van der Waals surface area contributed by atoms with Gasteiger partial charge in [0.15, 0.2) is 0 Å². The number of ether oxygens (including phenoxy) is 1. The summed E-state index contributed by atoms with van der Waals surface area (Å²) in [5.74, 6) is -0.0777. The van der Waals surface area contributed by atoms with Crippen molar-refractivity contribution < 1.29 is 14.5 Å². The van der Waals surface area contributed by atoms with E-state index in [2.05, 4.69) is 6.58 Å². The number of para-hydroxylation sites is 1. The molecule has 3 aromatic rings. The summed E-state index contributed by atoms with van der Waals surface area (Å²) in [6, 6.07) is 24.2. The molecule has 33 heavy (non-hydrogen) atoms. The number of benzene rings is 3. The molecule has 0 aromatic heterocycles. The number of aliphatic imine (C=N–C) groups is 1. The summed E-state index contributed by atoms with van der Waals surface area (Å²) < 4.78 is 5.63. The third kappa shape index (κ3) is 3.44. The van der Waals surface area contributed by atoms with E-state index in [0.29, 0.717) is 22.6 Å². The molecule has 2 aliphatic rings. The van der Waals surface area contributed by atoms with Crippen LogP contribution in [-0.2, 0) is 10.2 Å². The molecule has 0 amide bonds. The summed E-state index contributed by atoms with van der Waals surface area (Å²) in [5.41, 5.74) is 2.25. The van der Waals surface area contributed by atoms with Gasteiger partial charge in [0.1, 0.15) is 17.2 Å². The average molecular weight is 438 g/mol. The Kier molecular flexibility index (Phi) is 5.13. The maximum absolute atomic E-state index is 13.4. The molecule has 164 valence electrons. The van der Waals surface area contributed by atoms with Crippen LogP contribution in [0.15, 0.2) is 102 Å². The third-order valence-electron chi connectivity index (χ3n) is 6.46. The van der Waals surface area contributed by atoms with Gasteiger partial charge < -0.3 is 4.74 Å². The van der Waals surface area contributed by atoms with Crippen molar-refractivity contribution in [2.75, 3.05) is 0 Å². The molecule has 1 aliphatic carbocycles. The minimum atomic E-state index is -1.29. The molecule has 0 bridgehead atoms. The molecule has 1 heterocycles. The molecular weight excluding hydrogens is 416 g/mol. The summed E-state index contributed by atoms with van der Waals surface area (Å²) in [5, 5.41) is 12.3. The lowest BCUT2D eigenvalue weighted by atomic mass is 9.63. The number of nitro groups is 1. The van der Waals surface area contributed by atoms with Gasteiger partial charge in [0.25, 0.3) is 0 Å². The van der Waals surface area contributed by atoms with Gasteiger partial charge in [-0.3, -0.25) is 19.9 Å². The van der Waals surface area contributed by atoms with Gasteiger partial charge >= 0.3 is 5.97 Å². The van der Waals surface area contributed by atoms with Gasteiger partial charge in [-0.05, 0) is 12.5 Å². The van der Waals surface area contributed by atoms with Crippen molar-refractivity contribution in [3.05, 3.63) is 124 Å². The average Bonchev–Trinajstić information content (AvgIpc) is 3.10. The van der Waals surface area contributed by atoms with Crippen LogP contribution in [0, 0.1) is 10.1 Å². The van der Waals surface area contributed by atoms with Gasteiger partial charge in [-0.2, -0.15) is 0 Å². The zero-order valence-electron chi connectivity index (χ0n) is 17.9. The van der Waals surface area contributed by atoms with E-state index >= 15 is 0 Å². The number of esters is 1. The first-order valence-corrected chi connectivity index (χ1v) is 10.8. The molecule has 1 aliphatic heterocycles. The molecule has 3 atom stereocenters. The van der Waals surface area contributed by atoms with Crippen LogP contribution in [0.2, 0.25) is 0 Å². The van der Waals surface area contributed by atoms with E-state index in [1.165, 1.54) is 0 Å². The maximum atomic E-state index is 13.4. The predicted octanol–water partition coefficient (Wildman–Crippen LogP) is 4.74. The van der Waals surface area contributed by atoms with E-state index in [0.717, 1.165) is 11.1 Å². The normalized spacial score (nSPS) is 23.6. The van der Waals surface area contributed by atoms with Crippen LogP contribution in [0.3, 0.4) is 0 Å². The van der Waals surface area contributed by atoms with E-state index in [1.807, 2.05) is 72.8 Å². The van der Waals surface area contributed by atoms with E-state index in [-0.39, 0.29) is 17.8 Å². The smallest absolute Gasteiger partial charge is 0.324 e. The Morgan fingerprint density at radius 2 is 1.55 bits per heavy atom. The fraction of sp³-hybridized carbons (Fsp3) is 0.185. The zero-order chi connectivity index (χ0) is 23.0. The highest BCUT2D eigenvalue weighted by Gasteiger charge is 2.62. The minimum Gasteiger partial charge on any atom is -0.425 e. The number of nitrogens with zero attached hydrogens (tertiary/aromatic N) is 2. The standard InChI is InChI=1S/C27H22N2O4/c1-18-16-22(29(31)32)25(27(17-18)21-14-8-9-15-23(21)33-26(27)30)28-24(19-10-4-2-5-11-19)20-12-6-3-7-13-20/h2-15,22,25H,1,16-17H2/t22-,25+,27-/m0/s1. The highest BCUT2D eigenvalue weighted by Crippen LogP contribution is 2.51. The van der Waals surface area contributed by atoms with Crippen LogP contribution in [0.5, 0.6) is 5.75 Å². The third-order valence-corrected chi connectivity index (χ3v) is 6.46. The minimum absolute atomic E-state index is 0.162. The Labute approximate surface area is 191 Å². The number of rotatable bonds is 4. The molecule has 0 unspecified atom stereocenters. The molecule has 1 saturated carbocycles. The van der Waals surface area contributed by atoms with E-state index in [9.17, 15) is 14.9 Å². The fourth-order valence-corrected chi connectivity index (χ4v) is 5.01. The molecule has 3 aromatic carbocycles. The van der Waals surface area contributed by atoms with Crippen LogP contribution < -0.4 is 4.74 Å². The summed E-state index contributed by atoms with van der Waals surface area (Å²) in [6.07, 6.45) is 0.424. The number of fused-ring (bicyclic) bond motifs is 2. The highest BCUT2D eigenvalue weighted by atomic mass is 16.6. The van der Waals surface area contributed by atoms with Gasteiger partial charge in [0.2, 0.25) is 6.04 Å². The number of carbonyl (C=O) groups excluding carboxylic acids is 1. The van der Waals surface area contributed by atoms with Gasteiger partial charge in [-0.15, -0.1) is 0 Å². The fourth-order valence-electron chi connectivity index (χ4n) is 5.01. The van der Waals surface area contributed by atoms with Crippen LogP contribution in [0.1, 0.15) is 29.5 Å². The SMILES string of the molecule is C=C1C[C@H]([N+](=O)[O-])[C@@H](N=C(c2ccccc2)c2ccccc2)[C@@]2(C1)C(=O)Oc1ccccc12. The molecular formula is C27H22N2O4. The Bertz CT molecular complexity index is 1230. The molecule has 1 spiro atoms. The number of hydrogen-bond acceptors (Lipinski definition) is 5. The summed E-state index contributed by atoms with van der Waals surface area (Å²) in [6.45, 7) is 4.04. The molecule has 1 fully saturated rings. The lowest BCUT2D eigenvalue weighted by Gasteiger charge is -2.39. The zero-order valence-corrected chi connectivity index (χ0v) is 17.9. The van der Waals surface area contributed by atoms with Gasteiger partial charge in [0.05, 0.1) is 5.71 Å². The quantitative estimate of drug-likeness (QED) is 0.147. The summed E-state index contributed by atoms with van der Waals surface area (Å²) >= 11 is 0. The Balaban J connectivity index is 1.78. The Morgan fingerprint density at radius 3 is 2.15 bits per heavy atom. The first-order chi connectivity index (χ1) is 16.0. The summed E-state index contributed by atoms with van der Waals surface area (Å²) in [7, 11) is 0. The largest absolute Gasteiger partial charge is 0.425 e. The molecule has 6 nitrogen and oxygen atoms in total. The number of hydrogen-bond donors (Lipinski definition) is 0. The second-order valence-corrected chi connectivity index (χ2v) is 8.50. The van der Waals surface area contributed by atoms with Crippen LogP contribution in [0.25, 0.3) is 0 Å². The molecule has 5 rings (SSSR count). The van der Waals surface area contributed by atoms with Crippen molar-refractivity contribution in [1.29, 1.82) is 0 Å². The van der Waals surface area contributed by atoms with Crippen molar-refractivity contribution in [3.8, 4) is 5.75 Å². The van der Waals surface area contributed by atoms with Gasteiger partial charge in [0, 0.05) is 28.0 Å². The van der Waals surface area contributed by atoms with E-state index in [4.69, 9.17) is 9.73 Å².